The molecule has 2 heteroatoms. The zero-order valence-corrected chi connectivity index (χ0v) is 6.30. The molecule has 2 nitrogen and oxygen atoms in total. The van der Waals surface area contributed by atoms with Gasteiger partial charge >= 0.3 is 0 Å². The van der Waals surface area contributed by atoms with Crippen molar-refractivity contribution in [2.75, 3.05) is 0 Å². The van der Waals surface area contributed by atoms with Crippen LogP contribution in [0, 0.1) is 16.7 Å². The first-order chi connectivity index (χ1) is 5.34. The van der Waals surface area contributed by atoms with E-state index in [-0.39, 0.29) is 0 Å². The minimum absolute atomic E-state index is 0.469. The number of nitrogens with zero attached hydrogens (tertiary/aromatic N) is 1. The molecule has 0 unspecified atom stereocenters. The van der Waals surface area contributed by atoms with Crippen molar-refractivity contribution in [1.82, 2.24) is 0 Å². The van der Waals surface area contributed by atoms with E-state index >= 15 is 0 Å². The van der Waals surface area contributed by atoms with Crippen LogP contribution in [-0.4, -0.2) is 5.71 Å². The molecule has 0 aliphatic heterocycles. The summed E-state index contributed by atoms with van der Waals surface area (Å²) in [5, 5.41) is 16.0. The maximum Gasteiger partial charge on any atom is 0.101 e. The quantitative estimate of drug-likeness (QED) is 0.559. The maximum atomic E-state index is 8.59. The Morgan fingerprint density at radius 2 is 2.36 bits per heavy atom. The fourth-order valence-electron chi connectivity index (χ4n) is 0.997. The predicted molar refractivity (Wildman–Crippen MR) is 44.4 cm³/mol. The lowest BCUT2D eigenvalue weighted by atomic mass is 10.0. The van der Waals surface area contributed by atoms with E-state index in [4.69, 9.17) is 10.7 Å². The van der Waals surface area contributed by atoms with Gasteiger partial charge in [-0.05, 0) is 25.3 Å². The Hall–Kier alpha value is -1.36. The van der Waals surface area contributed by atoms with E-state index in [0.717, 1.165) is 19.3 Å². The van der Waals surface area contributed by atoms with Gasteiger partial charge in [-0.25, -0.2) is 0 Å². The van der Waals surface area contributed by atoms with E-state index in [0.29, 0.717) is 11.3 Å². The average Bonchev–Trinajstić information content (AvgIpc) is 1.98. The summed E-state index contributed by atoms with van der Waals surface area (Å²) < 4.78 is 0. The fourth-order valence-corrected chi connectivity index (χ4v) is 0.997. The van der Waals surface area contributed by atoms with Crippen molar-refractivity contribution in [3.8, 4) is 6.07 Å². The van der Waals surface area contributed by atoms with E-state index < -0.39 is 0 Å². The van der Waals surface area contributed by atoms with Crippen LogP contribution < -0.4 is 0 Å². The minimum atomic E-state index is 0.469. The smallest absolute Gasteiger partial charge is 0.101 e. The minimum Gasteiger partial charge on any atom is -0.304 e. The summed E-state index contributed by atoms with van der Waals surface area (Å²) in [6.07, 6.45) is 8.31. The first kappa shape index (κ1) is 7.74. The summed E-state index contributed by atoms with van der Waals surface area (Å²) in [6, 6.07) is 2.01. The van der Waals surface area contributed by atoms with E-state index in [1.165, 1.54) is 0 Å². The van der Waals surface area contributed by atoms with Gasteiger partial charge in [0.15, 0.2) is 0 Å². The first-order valence-electron chi connectivity index (χ1n) is 3.69. The third-order valence-electron chi connectivity index (χ3n) is 1.64. The maximum absolute atomic E-state index is 8.59. The Labute approximate surface area is 66.4 Å². The highest BCUT2D eigenvalue weighted by Crippen LogP contribution is 2.08. The standard InChI is InChI=1S/C9H10N2/c10-7-8-5-3-1-2-4-6-9(8)11/h1,3,5,11H,2,4,6H2/b3-1?,8-5-,11-9?. The number of nitrogens with one attached hydrogen (secondary N) is 1. The van der Waals surface area contributed by atoms with Gasteiger partial charge in [0.25, 0.3) is 0 Å². The number of hydrogen-bond acceptors (Lipinski definition) is 2. The normalized spacial score (nSPS) is 22.8. The van der Waals surface area contributed by atoms with Crippen LogP contribution in [0.2, 0.25) is 0 Å². The molecule has 0 spiro atoms. The summed E-state index contributed by atoms with van der Waals surface area (Å²) in [6.45, 7) is 0. The molecule has 0 amide bonds. The molecule has 0 heterocycles. The van der Waals surface area contributed by atoms with E-state index in [1.807, 2.05) is 18.2 Å². The van der Waals surface area contributed by atoms with Gasteiger partial charge in [-0.2, -0.15) is 5.26 Å². The van der Waals surface area contributed by atoms with Crippen molar-refractivity contribution < 1.29 is 0 Å². The molecule has 1 N–H and O–H groups in total. The molecule has 0 saturated carbocycles. The van der Waals surface area contributed by atoms with E-state index in [2.05, 4.69) is 0 Å². The predicted octanol–water partition coefficient (Wildman–Crippen LogP) is 2.20. The Kier molecular flexibility index (Phi) is 2.62. The molecule has 11 heavy (non-hydrogen) atoms. The Balaban J connectivity index is 2.83. The van der Waals surface area contributed by atoms with Crippen molar-refractivity contribution in [2.24, 2.45) is 0 Å². The van der Waals surface area contributed by atoms with Crippen molar-refractivity contribution in [1.29, 1.82) is 10.7 Å². The second-order valence-corrected chi connectivity index (χ2v) is 2.49. The van der Waals surface area contributed by atoms with E-state index in [9.17, 15) is 0 Å². The molecule has 0 aromatic heterocycles. The highest BCUT2D eigenvalue weighted by atomic mass is 14.4. The van der Waals surface area contributed by atoms with Crippen LogP contribution in [0.3, 0.4) is 0 Å². The average molecular weight is 146 g/mol. The zero-order chi connectivity index (χ0) is 8.10. The van der Waals surface area contributed by atoms with Gasteiger partial charge in [0.1, 0.15) is 6.07 Å². The monoisotopic (exact) mass is 146 g/mol. The SMILES string of the molecule is N#C/C1=C/C=CCCCC1=N. The first-order valence-corrected chi connectivity index (χ1v) is 3.69. The molecular formula is C9H10N2. The summed E-state index contributed by atoms with van der Waals surface area (Å²) in [7, 11) is 0. The second-order valence-electron chi connectivity index (χ2n) is 2.49. The number of hydrogen-bond donors (Lipinski definition) is 1. The van der Waals surface area contributed by atoms with Crippen molar-refractivity contribution in [3.63, 3.8) is 0 Å². The topological polar surface area (TPSA) is 47.6 Å². The number of nitriles is 1. The molecular weight excluding hydrogens is 136 g/mol. The van der Waals surface area contributed by atoms with Crippen LogP contribution in [0.15, 0.2) is 23.8 Å². The van der Waals surface area contributed by atoms with Crippen LogP contribution in [0.5, 0.6) is 0 Å². The van der Waals surface area contributed by atoms with Gasteiger partial charge in [0.2, 0.25) is 0 Å². The van der Waals surface area contributed by atoms with E-state index in [1.54, 1.807) is 6.08 Å². The fraction of sp³-hybridized carbons (Fsp3) is 0.333. The summed E-state index contributed by atoms with van der Waals surface area (Å²) in [5.41, 5.74) is 0.970. The molecule has 0 aromatic carbocycles. The lowest BCUT2D eigenvalue weighted by Gasteiger charge is -2.01. The lowest BCUT2D eigenvalue weighted by molar-refractivity contribution is 0.887. The molecule has 56 valence electrons. The van der Waals surface area contributed by atoms with Crippen LogP contribution in [0.25, 0.3) is 0 Å². The van der Waals surface area contributed by atoms with Crippen LogP contribution in [-0.2, 0) is 0 Å². The summed E-state index contributed by atoms with van der Waals surface area (Å²) in [4.78, 5) is 0. The van der Waals surface area contributed by atoms with Gasteiger partial charge in [-0.3, -0.25) is 0 Å². The molecule has 0 radical (unpaired) electrons. The largest absolute Gasteiger partial charge is 0.304 e. The van der Waals surface area contributed by atoms with Gasteiger partial charge in [0, 0.05) is 5.71 Å². The molecule has 0 fully saturated rings. The van der Waals surface area contributed by atoms with Crippen LogP contribution >= 0.6 is 0 Å². The highest BCUT2D eigenvalue weighted by molar-refractivity contribution is 6.01. The summed E-state index contributed by atoms with van der Waals surface area (Å²) in [5.74, 6) is 0. The highest BCUT2D eigenvalue weighted by Gasteiger charge is 2.03. The Morgan fingerprint density at radius 3 is 3.09 bits per heavy atom. The van der Waals surface area contributed by atoms with Crippen LogP contribution in [0.1, 0.15) is 19.3 Å². The second kappa shape index (κ2) is 3.72. The molecule has 0 atom stereocenters. The van der Waals surface area contributed by atoms with Gasteiger partial charge < -0.3 is 5.41 Å². The molecule has 1 aliphatic rings. The van der Waals surface area contributed by atoms with Gasteiger partial charge in [0.05, 0.1) is 5.57 Å². The van der Waals surface area contributed by atoms with Gasteiger partial charge in [-0.1, -0.05) is 12.2 Å². The van der Waals surface area contributed by atoms with Gasteiger partial charge in [-0.15, -0.1) is 0 Å². The molecule has 0 bridgehead atoms. The third-order valence-corrected chi connectivity index (χ3v) is 1.64. The third kappa shape index (κ3) is 2.05. The number of allylic oxidation sites excluding steroid dienone is 4. The van der Waals surface area contributed by atoms with Crippen molar-refractivity contribution in [3.05, 3.63) is 23.8 Å². The molecule has 0 saturated heterocycles. The van der Waals surface area contributed by atoms with Crippen molar-refractivity contribution >= 4 is 5.71 Å². The summed E-state index contributed by atoms with van der Waals surface area (Å²) >= 11 is 0. The number of rotatable bonds is 0. The Bertz CT molecular complexity index is 253. The molecule has 1 aliphatic carbocycles. The van der Waals surface area contributed by atoms with Crippen molar-refractivity contribution in [2.45, 2.75) is 19.3 Å². The molecule has 0 aromatic rings. The lowest BCUT2D eigenvalue weighted by Crippen LogP contribution is -2.00. The Morgan fingerprint density at radius 1 is 1.55 bits per heavy atom. The zero-order valence-electron chi connectivity index (χ0n) is 6.30. The molecule has 1 rings (SSSR count). The van der Waals surface area contributed by atoms with Crippen LogP contribution in [0.4, 0.5) is 0 Å².